The van der Waals surface area contributed by atoms with Crippen molar-refractivity contribution >= 4 is 5.91 Å². The molecule has 5 nitrogen and oxygen atoms in total. The van der Waals surface area contributed by atoms with Gasteiger partial charge >= 0.3 is 0 Å². The maximum absolute atomic E-state index is 11.1. The lowest BCUT2D eigenvalue weighted by Gasteiger charge is -2.05. The second-order valence-corrected chi connectivity index (χ2v) is 6.26. The molecule has 1 amide bonds. The topological polar surface area (TPSA) is 73.8 Å². The Hall–Kier alpha value is -3.73. The SMILES string of the molecule is NC(=O)c1ccc(Cn2ccc(-c3cccc(-c4ccccc4)c3)n2)cn1. The van der Waals surface area contributed by atoms with Gasteiger partial charge < -0.3 is 5.73 Å². The number of carbonyl (C=O) groups is 1. The summed E-state index contributed by atoms with van der Waals surface area (Å²) in [6.45, 7) is 0.574. The van der Waals surface area contributed by atoms with Crippen molar-refractivity contribution in [3.63, 3.8) is 0 Å². The second kappa shape index (κ2) is 7.25. The molecule has 0 fully saturated rings. The predicted molar refractivity (Wildman–Crippen MR) is 105 cm³/mol. The number of primary amides is 1. The first-order chi connectivity index (χ1) is 13.2. The van der Waals surface area contributed by atoms with Crippen LogP contribution in [0.1, 0.15) is 16.1 Å². The number of nitrogens with two attached hydrogens (primary N) is 1. The molecule has 27 heavy (non-hydrogen) atoms. The summed E-state index contributed by atoms with van der Waals surface area (Å²) in [5, 5.41) is 4.67. The van der Waals surface area contributed by atoms with Gasteiger partial charge in [-0.25, -0.2) is 0 Å². The van der Waals surface area contributed by atoms with Gasteiger partial charge in [-0.05, 0) is 34.9 Å². The van der Waals surface area contributed by atoms with Crippen LogP contribution in [-0.4, -0.2) is 20.7 Å². The number of aromatic nitrogens is 3. The zero-order valence-corrected chi connectivity index (χ0v) is 14.6. The van der Waals surface area contributed by atoms with E-state index in [1.807, 2.05) is 47.3 Å². The van der Waals surface area contributed by atoms with Crippen LogP contribution in [0.15, 0.2) is 85.2 Å². The third-order valence-electron chi connectivity index (χ3n) is 4.33. The van der Waals surface area contributed by atoms with Crippen LogP contribution in [0.4, 0.5) is 0 Å². The van der Waals surface area contributed by atoms with Crippen LogP contribution in [0.5, 0.6) is 0 Å². The number of carbonyl (C=O) groups excluding carboxylic acids is 1. The Labute approximate surface area is 157 Å². The van der Waals surface area contributed by atoms with Gasteiger partial charge in [0.05, 0.1) is 12.2 Å². The number of hydrogen-bond acceptors (Lipinski definition) is 3. The molecule has 2 aromatic heterocycles. The molecule has 0 saturated heterocycles. The van der Waals surface area contributed by atoms with E-state index in [1.165, 1.54) is 5.56 Å². The average molecular weight is 354 g/mol. The Morgan fingerprint density at radius 2 is 1.67 bits per heavy atom. The van der Waals surface area contributed by atoms with Gasteiger partial charge in [0.15, 0.2) is 0 Å². The van der Waals surface area contributed by atoms with Gasteiger partial charge in [0.1, 0.15) is 5.69 Å². The summed E-state index contributed by atoms with van der Waals surface area (Å²) >= 11 is 0. The Kier molecular flexibility index (Phi) is 4.49. The third-order valence-corrected chi connectivity index (χ3v) is 4.33. The highest BCUT2D eigenvalue weighted by Crippen LogP contribution is 2.25. The normalized spacial score (nSPS) is 10.7. The number of pyridine rings is 1. The molecule has 0 unspecified atom stereocenters. The van der Waals surface area contributed by atoms with Gasteiger partial charge in [-0.1, -0.05) is 54.6 Å². The molecular formula is C22H18N4O. The van der Waals surface area contributed by atoms with E-state index in [1.54, 1.807) is 12.3 Å². The van der Waals surface area contributed by atoms with Gasteiger partial charge in [-0.2, -0.15) is 5.10 Å². The van der Waals surface area contributed by atoms with Crippen molar-refractivity contribution in [2.24, 2.45) is 5.73 Å². The lowest BCUT2D eigenvalue weighted by atomic mass is 10.0. The summed E-state index contributed by atoms with van der Waals surface area (Å²) in [5.41, 5.74) is 10.8. The van der Waals surface area contributed by atoms with Gasteiger partial charge in [0, 0.05) is 18.0 Å². The molecule has 0 bridgehead atoms. The van der Waals surface area contributed by atoms with Crippen LogP contribution < -0.4 is 5.73 Å². The fraction of sp³-hybridized carbons (Fsp3) is 0.0455. The number of amides is 1. The van der Waals surface area contributed by atoms with Crippen LogP contribution in [0.3, 0.4) is 0 Å². The van der Waals surface area contributed by atoms with E-state index in [-0.39, 0.29) is 5.69 Å². The first-order valence-electron chi connectivity index (χ1n) is 8.63. The first kappa shape index (κ1) is 16.7. The van der Waals surface area contributed by atoms with Gasteiger partial charge in [0.25, 0.3) is 5.91 Å². The summed E-state index contributed by atoms with van der Waals surface area (Å²) < 4.78 is 1.85. The van der Waals surface area contributed by atoms with Gasteiger partial charge in [0.2, 0.25) is 0 Å². The summed E-state index contributed by atoms with van der Waals surface area (Å²) in [6.07, 6.45) is 3.59. The minimum absolute atomic E-state index is 0.262. The molecule has 4 aromatic rings. The molecular weight excluding hydrogens is 336 g/mol. The summed E-state index contributed by atoms with van der Waals surface area (Å²) in [6, 6.07) is 24.1. The van der Waals surface area contributed by atoms with Crippen LogP contribution in [-0.2, 0) is 6.54 Å². The fourth-order valence-electron chi connectivity index (χ4n) is 2.94. The van der Waals surface area contributed by atoms with Crippen LogP contribution in [0, 0.1) is 0 Å². The molecule has 0 atom stereocenters. The smallest absolute Gasteiger partial charge is 0.267 e. The number of nitrogens with zero attached hydrogens (tertiary/aromatic N) is 3. The minimum atomic E-state index is -0.527. The lowest BCUT2D eigenvalue weighted by Crippen LogP contribution is -2.13. The highest BCUT2D eigenvalue weighted by atomic mass is 16.1. The second-order valence-electron chi connectivity index (χ2n) is 6.26. The predicted octanol–water partition coefficient (Wildman–Crippen LogP) is 3.76. The Morgan fingerprint density at radius 1 is 0.889 bits per heavy atom. The molecule has 2 aromatic carbocycles. The van der Waals surface area contributed by atoms with Gasteiger partial charge in [-0.15, -0.1) is 0 Å². The summed E-state index contributed by atoms with van der Waals surface area (Å²) in [7, 11) is 0. The minimum Gasteiger partial charge on any atom is -0.364 e. The third kappa shape index (κ3) is 3.77. The molecule has 132 valence electrons. The zero-order valence-electron chi connectivity index (χ0n) is 14.6. The molecule has 5 heteroatoms. The Bertz CT molecular complexity index is 1070. The number of rotatable bonds is 5. The van der Waals surface area contributed by atoms with E-state index in [9.17, 15) is 4.79 Å². The van der Waals surface area contributed by atoms with Gasteiger partial charge in [-0.3, -0.25) is 14.5 Å². The Morgan fingerprint density at radius 3 is 2.41 bits per heavy atom. The fourth-order valence-corrected chi connectivity index (χ4v) is 2.94. The Balaban J connectivity index is 1.55. The van der Waals surface area contributed by atoms with Crippen LogP contribution in [0.25, 0.3) is 22.4 Å². The highest BCUT2D eigenvalue weighted by molar-refractivity contribution is 5.90. The lowest BCUT2D eigenvalue weighted by molar-refractivity contribution is 0.0995. The summed E-state index contributed by atoms with van der Waals surface area (Å²) in [4.78, 5) is 15.2. The zero-order chi connectivity index (χ0) is 18.6. The van der Waals surface area contributed by atoms with Crippen molar-refractivity contribution in [2.45, 2.75) is 6.54 Å². The maximum Gasteiger partial charge on any atom is 0.267 e. The molecule has 0 aliphatic rings. The average Bonchev–Trinajstić information content (AvgIpc) is 3.18. The van der Waals surface area contributed by atoms with Crippen molar-refractivity contribution in [2.75, 3.05) is 0 Å². The largest absolute Gasteiger partial charge is 0.364 e. The van der Waals surface area contributed by atoms with E-state index >= 15 is 0 Å². The maximum atomic E-state index is 11.1. The molecule has 0 aliphatic carbocycles. The van der Waals surface area contributed by atoms with Crippen LogP contribution in [0.2, 0.25) is 0 Å². The highest BCUT2D eigenvalue weighted by Gasteiger charge is 2.06. The molecule has 4 rings (SSSR count). The van der Waals surface area contributed by atoms with Crippen molar-refractivity contribution in [3.8, 4) is 22.4 Å². The van der Waals surface area contributed by atoms with E-state index in [4.69, 9.17) is 5.73 Å². The molecule has 0 aliphatic heterocycles. The van der Waals surface area contributed by atoms with E-state index in [0.29, 0.717) is 6.54 Å². The monoisotopic (exact) mass is 354 g/mol. The molecule has 0 saturated carbocycles. The standard InChI is InChI=1S/C22H18N4O/c23-22(27)21-10-9-16(14-24-21)15-26-12-11-20(25-26)19-8-4-7-18(13-19)17-5-2-1-3-6-17/h1-14H,15H2,(H2,23,27). The van der Waals surface area contributed by atoms with E-state index in [0.717, 1.165) is 22.4 Å². The number of hydrogen-bond donors (Lipinski definition) is 1. The molecule has 2 N–H and O–H groups in total. The van der Waals surface area contributed by atoms with E-state index < -0.39 is 5.91 Å². The van der Waals surface area contributed by atoms with Crippen molar-refractivity contribution in [3.05, 3.63) is 96.4 Å². The van der Waals surface area contributed by atoms with Crippen LogP contribution >= 0.6 is 0 Å². The number of benzene rings is 2. The van der Waals surface area contributed by atoms with E-state index in [2.05, 4.69) is 40.4 Å². The molecule has 0 spiro atoms. The molecule has 2 heterocycles. The molecule has 0 radical (unpaired) electrons. The van der Waals surface area contributed by atoms with Crippen molar-refractivity contribution < 1.29 is 4.79 Å². The first-order valence-corrected chi connectivity index (χ1v) is 8.63. The quantitative estimate of drug-likeness (QED) is 0.593. The summed E-state index contributed by atoms with van der Waals surface area (Å²) in [5.74, 6) is -0.527. The van der Waals surface area contributed by atoms with Crippen molar-refractivity contribution in [1.29, 1.82) is 0 Å². The van der Waals surface area contributed by atoms with Crippen molar-refractivity contribution in [1.82, 2.24) is 14.8 Å².